The average Bonchev–Trinajstić information content (AvgIpc) is 2.08. The molecule has 0 fully saturated rings. The highest BCUT2D eigenvalue weighted by Gasteiger charge is 2.14. The summed E-state index contributed by atoms with van der Waals surface area (Å²) in [6.07, 6.45) is 1.23. The van der Waals surface area contributed by atoms with Gasteiger partial charge in [0.05, 0.1) is 0 Å². The number of aliphatic carboxylic acids is 1. The summed E-state index contributed by atoms with van der Waals surface area (Å²) in [6.45, 7) is 0. The van der Waals surface area contributed by atoms with Gasteiger partial charge in [-0.3, -0.25) is 9.59 Å². The van der Waals surface area contributed by atoms with E-state index in [4.69, 9.17) is 22.4 Å². The fourth-order valence-electron chi connectivity index (χ4n) is 0.794. The predicted molar refractivity (Wildman–Crippen MR) is 46.6 cm³/mol. The highest BCUT2D eigenvalue weighted by Crippen LogP contribution is 2.11. The lowest BCUT2D eigenvalue weighted by Gasteiger charge is -2.05. The van der Waals surface area contributed by atoms with Crippen LogP contribution in [-0.2, 0) is 4.79 Å². The quantitative estimate of drug-likeness (QED) is 0.634. The molecule has 0 aromatic carbocycles. The Hall–Kier alpha value is -1.33. The van der Waals surface area contributed by atoms with E-state index in [9.17, 15) is 9.59 Å². The molecule has 0 aliphatic carbocycles. The Morgan fingerprint density at radius 3 is 2.77 bits per heavy atom. The van der Waals surface area contributed by atoms with Crippen LogP contribution in [0.15, 0.2) is 17.1 Å². The fourth-order valence-corrected chi connectivity index (χ4v) is 0.974. The number of aromatic nitrogens is 1. The van der Waals surface area contributed by atoms with Crippen molar-refractivity contribution >= 4 is 17.6 Å². The van der Waals surface area contributed by atoms with Gasteiger partial charge in [-0.1, -0.05) is 11.6 Å². The lowest BCUT2D eigenvalue weighted by atomic mass is 10.1. The highest BCUT2D eigenvalue weighted by molar-refractivity contribution is 6.30. The molecule has 1 heterocycles. The van der Waals surface area contributed by atoms with Crippen molar-refractivity contribution in [3.63, 3.8) is 0 Å². The van der Waals surface area contributed by atoms with Crippen molar-refractivity contribution in [2.45, 2.75) is 6.04 Å². The third kappa shape index (κ3) is 2.07. The second-order valence-electron chi connectivity index (χ2n) is 2.43. The lowest BCUT2D eigenvalue weighted by molar-refractivity contribution is -0.138. The van der Waals surface area contributed by atoms with Gasteiger partial charge in [-0.05, 0) is 11.6 Å². The number of carbonyl (C=O) groups is 1. The van der Waals surface area contributed by atoms with E-state index >= 15 is 0 Å². The number of nitrogens with two attached hydrogens (primary N) is 1. The molecule has 0 amide bonds. The van der Waals surface area contributed by atoms with Gasteiger partial charge >= 0.3 is 5.97 Å². The number of hydrogen-bond acceptors (Lipinski definition) is 3. The molecule has 1 atom stereocenters. The van der Waals surface area contributed by atoms with E-state index in [-0.39, 0.29) is 10.6 Å². The number of halogens is 1. The Morgan fingerprint density at radius 2 is 2.31 bits per heavy atom. The van der Waals surface area contributed by atoms with Crippen molar-refractivity contribution in [2.24, 2.45) is 5.73 Å². The number of pyridine rings is 1. The second-order valence-corrected chi connectivity index (χ2v) is 2.83. The third-order valence-corrected chi connectivity index (χ3v) is 1.79. The number of H-pyrrole nitrogens is 1. The summed E-state index contributed by atoms with van der Waals surface area (Å²) >= 11 is 5.47. The van der Waals surface area contributed by atoms with Gasteiger partial charge in [-0.2, -0.15) is 0 Å². The molecule has 1 aromatic heterocycles. The standard InChI is InChI=1S/C7H7ClN2O3/c8-4-1-3(2-10-6(4)11)5(9)7(12)13/h1-2,5H,9H2,(H,10,11)(H,12,13). The molecule has 0 aliphatic heterocycles. The molecule has 0 saturated heterocycles. The molecule has 5 nitrogen and oxygen atoms in total. The van der Waals surface area contributed by atoms with Crippen molar-refractivity contribution in [1.29, 1.82) is 0 Å². The van der Waals surface area contributed by atoms with Gasteiger partial charge in [0.25, 0.3) is 5.56 Å². The van der Waals surface area contributed by atoms with Gasteiger partial charge in [0.1, 0.15) is 11.1 Å². The van der Waals surface area contributed by atoms with E-state index in [2.05, 4.69) is 4.98 Å². The summed E-state index contributed by atoms with van der Waals surface area (Å²) < 4.78 is 0. The molecule has 6 heteroatoms. The van der Waals surface area contributed by atoms with Crippen molar-refractivity contribution in [3.05, 3.63) is 33.2 Å². The fraction of sp³-hybridized carbons (Fsp3) is 0.143. The van der Waals surface area contributed by atoms with Gasteiger partial charge < -0.3 is 15.8 Å². The minimum atomic E-state index is -1.18. The summed E-state index contributed by atoms with van der Waals surface area (Å²) in [6, 6.07) is 0.0634. The van der Waals surface area contributed by atoms with Crippen molar-refractivity contribution < 1.29 is 9.90 Å². The second kappa shape index (κ2) is 3.59. The summed E-state index contributed by atoms with van der Waals surface area (Å²) in [5.41, 5.74) is 5.07. The van der Waals surface area contributed by atoms with Gasteiger partial charge in [0.2, 0.25) is 0 Å². The van der Waals surface area contributed by atoms with Crippen LogP contribution in [0.4, 0.5) is 0 Å². The Labute approximate surface area is 78.1 Å². The number of rotatable bonds is 2. The first-order valence-corrected chi connectivity index (χ1v) is 3.76. The molecule has 0 spiro atoms. The first-order valence-electron chi connectivity index (χ1n) is 3.39. The van der Waals surface area contributed by atoms with E-state index in [0.717, 1.165) is 0 Å². The monoisotopic (exact) mass is 202 g/mol. The van der Waals surface area contributed by atoms with Crippen molar-refractivity contribution in [2.75, 3.05) is 0 Å². The van der Waals surface area contributed by atoms with Gasteiger partial charge in [-0.15, -0.1) is 0 Å². The highest BCUT2D eigenvalue weighted by atomic mass is 35.5. The number of carboxylic acid groups (broad SMARTS) is 1. The molecule has 1 unspecified atom stereocenters. The zero-order chi connectivity index (χ0) is 10.0. The number of aromatic amines is 1. The van der Waals surface area contributed by atoms with Crippen molar-refractivity contribution in [3.8, 4) is 0 Å². The minimum Gasteiger partial charge on any atom is -0.480 e. The zero-order valence-corrected chi connectivity index (χ0v) is 7.21. The van der Waals surface area contributed by atoms with Gasteiger partial charge in [-0.25, -0.2) is 0 Å². The number of carboxylic acids is 1. The van der Waals surface area contributed by atoms with Crippen LogP contribution in [0.2, 0.25) is 5.02 Å². The maximum atomic E-state index is 10.8. The van der Waals surface area contributed by atoms with Crippen LogP contribution in [0.25, 0.3) is 0 Å². The molecule has 0 aliphatic rings. The molecule has 1 aromatic rings. The summed E-state index contributed by atoms with van der Waals surface area (Å²) in [5, 5.41) is 8.46. The number of nitrogens with one attached hydrogen (secondary N) is 1. The first kappa shape index (κ1) is 9.76. The maximum absolute atomic E-state index is 10.8. The lowest BCUT2D eigenvalue weighted by Crippen LogP contribution is -2.22. The largest absolute Gasteiger partial charge is 0.480 e. The molecular weight excluding hydrogens is 196 g/mol. The zero-order valence-electron chi connectivity index (χ0n) is 6.45. The van der Waals surface area contributed by atoms with Crippen LogP contribution in [0.1, 0.15) is 11.6 Å². The van der Waals surface area contributed by atoms with Gasteiger partial charge in [0, 0.05) is 6.20 Å². The SMILES string of the molecule is NC(C(=O)O)c1c[nH]c(=O)c(Cl)c1. The van der Waals surface area contributed by atoms with Crippen molar-refractivity contribution in [1.82, 2.24) is 4.98 Å². The Morgan fingerprint density at radius 1 is 1.69 bits per heavy atom. The molecule has 0 radical (unpaired) electrons. The van der Waals surface area contributed by atoms with Gasteiger partial charge in [0.15, 0.2) is 0 Å². The molecule has 1 rings (SSSR count). The predicted octanol–water partition coefficient (Wildman–Crippen LogP) is 0.113. The average molecular weight is 203 g/mol. The van der Waals surface area contributed by atoms with Crippen LogP contribution in [-0.4, -0.2) is 16.1 Å². The summed E-state index contributed by atoms with van der Waals surface area (Å²) in [5.74, 6) is -1.18. The van der Waals surface area contributed by atoms with Crippen LogP contribution in [0, 0.1) is 0 Å². The number of hydrogen-bond donors (Lipinski definition) is 3. The van der Waals surface area contributed by atoms with Crippen LogP contribution in [0.3, 0.4) is 0 Å². The maximum Gasteiger partial charge on any atom is 0.325 e. The van der Waals surface area contributed by atoms with E-state index in [1.807, 2.05) is 0 Å². The topological polar surface area (TPSA) is 96.2 Å². The smallest absolute Gasteiger partial charge is 0.325 e. The molecule has 4 N–H and O–H groups in total. The third-order valence-electron chi connectivity index (χ3n) is 1.51. The van der Waals surface area contributed by atoms with E-state index in [1.54, 1.807) is 0 Å². The molecular formula is C7H7ClN2O3. The van der Waals surface area contributed by atoms with E-state index in [1.165, 1.54) is 12.3 Å². The first-order chi connectivity index (χ1) is 6.02. The Kier molecular flexibility index (Phi) is 2.69. The summed E-state index contributed by atoms with van der Waals surface area (Å²) in [7, 11) is 0. The van der Waals surface area contributed by atoms with E-state index < -0.39 is 17.6 Å². The summed E-state index contributed by atoms with van der Waals surface area (Å²) in [4.78, 5) is 23.5. The molecule has 0 saturated carbocycles. The van der Waals surface area contributed by atoms with Crippen LogP contribution < -0.4 is 11.3 Å². The molecule has 70 valence electrons. The Bertz CT molecular complexity index is 388. The minimum absolute atomic E-state index is 0.0748. The van der Waals surface area contributed by atoms with Crippen LogP contribution >= 0.6 is 11.6 Å². The normalized spacial score (nSPS) is 12.5. The molecule has 13 heavy (non-hydrogen) atoms. The van der Waals surface area contributed by atoms with Crippen LogP contribution in [0.5, 0.6) is 0 Å². The van der Waals surface area contributed by atoms with E-state index in [0.29, 0.717) is 0 Å². The molecule has 0 bridgehead atoms. The Balaban J connectivity index is 3.11.